The summed E-state index contributed by atoms with van der Waals surface area (Å²) in [5.41, 5.74) is 3.34. The fourth-order valence-electron chi connectivity index (χ4n) is 4.55. The van der Waals surface area contributed by atoms with Crippen LogP contribution in [0, 0.1) is 0 Å². The molecule has 0 unspecified atom stereocenters. The number of hydrogen-bond donors (Lipinski definition) is 4. The third-order valence-corrected chi connectivity index (χ3v) is 6.35. The molecule has 8 nitrogen and oxygen atoms in total. The zero-order valence-electron chi connectivity index (χ0n) is 17.5. The smallest absolute Gasteiger partial charge is 0.259 e. The second-order valence-corrected chi connectivity index (χ2v) is 8.43. The van der Waals surface area contributed by atoms with Gasteiger partial charge in [0.1, 0.15) is 5.82 Å². The van der Waals surface area contributed by atoms with E-state index in [4.69, 9.17) is 4.98 Å². The topological polar surface area (TPSA) is 106 Å². The van der Waals surface area contributed by atoms with Gasteiger partial charge in [-0.15, -0.1) is 0 Å². The van der Waals surface area contributed by atoms with Crippen LogP contribution in [0.15, 0.2) is 41.5 Å². The van der Waals surface area contributed by atoms with Crippen LogP contribution in [0.4, 0.5) is 17.2 Å². The van der Waals surface area contributed by atoms with E-state index in [9.17, 15) is 9.90 Å². The Morgan fingerprint density at radius 2 is 1.90 bits per heavy atom. The highest BCUT2D eigenvalue weighted by Gasteiger charge is 2.20. The number of piperidine rings is 2. The van der Waals surface area contributed by atoms with Crippen molar-refractivity contribution >= 4 is 28.1 Å². The molecule has 0 aliphatic carbocycles. The summed E-state index contributed by atoms with van der Waals surface area (Å²) in [6, 6.07) is 7.84. The number of H-pyrrole nitrogens is 1. The molecule has 0 atom stereocenters. The highest BCUT2D eigenvalue weighted by molar-refractivity contribution is 5.92. The molecule has 2 fully saturated rings. The Morgan fingerprint density at radius 3 is 2.65 bits per heavy atom. The molecular formula is C23H28N6O2. The maximum atomic E-state index is 12.6. The number of nitrogens with zero attached hydrogens (tertiary/aromatic N) is 3. The number of aliphatic hydroxyl groups excluding tert-OH is 1. The molecule has 8 heteroatoms. The summed E-state index contributed by atoms with van der Waals surface area (Å²) in [5.74, 6) is 1.07. The van der Waals surface area contributed by atoms with Crippen molar-refractivity contribution in [1.29, 1.82) is 0 Å². The van der Waals surface area contributed by atoms with E-state index in [1.54, 1.807) is 6.20 Å². The Bertz CT molecular complexity index is 1100. The zero-order valence-corrected chi connectivity index (χ0v) is 17.5. The summed E-state index contributed by atoms with van der Waals surface area (Å²) in [6.07, 6.45) is 6.95. The van der Waals surface area contributed by atoms with Crippen molar-refractivity contribution in [3.63, 3.8) is 0 Å². The van der Waals surface area contributed by atoms with Gasteiger partial charge in [0.2, 0.25) is 0 Å². The summed E-state index contributed by atoms with van der Waals surface area (Å²) in [5, 5.41) is 17.0. The fourth-order valence-corrected chi connectivity index (χ4v) is 4.55. The van der Waals surface area contributed by atoms with Crippen molar-refractivity contribution < 1.29 is 5.11 Å². The van der Waals surface area contributed by atoms with E-state index in [2.05, 4.69) is 25.5 Å². The third-order valence-electron chi connectivity index (χ3n) is 6.35. The maximum Gasteiger partial charge on any atom is 0.259 e. The van der Waals surface area contributed by atoms with Crippen LogP contribution in [0.1, 0.15) is 37.3 Å². The Morgan fingerprint density at radius 1 is 1.10 bits per heavy atom. The fraction of sp³-hybridized carbons (Fsp3) is 0.435. The normalized spacial score (nSPS) is 18.4. The van der Waals surface area contributed by atoms with Crippen LogP contribution in [0.25, 0.3) is 10.9 Å². The molecule has 2 saturated heterocycles. The van der Waals surface area contributed by atoms with Crippen molar-refractivity contribution in [2.24, 2.45) is 0 Å². The highest BCUT2D eigenvalue weighted by atomic mass is 16.3. The number of nitrogens with one attached hydrogen (secondary N) is 3. The summed E-state index contributed by atoms with van der Waals surface area (Å²) < 4.78 is 0. The summed E-state index contributed by atoms with van der Waals surface area (Å²) in [4.78, 5) is 27.0. The van der Waals surface area contributed by atoms with Gasteiger partial charge >= 0.3 is 0 Å². The minimum Gasteiger partial charge on any atom is -0.393 e. The quantitative estimate of drug-likeness (QED) is 0.514. The largest absolute Gasteiger partial charge is 0.393 e. The SMILES string of the molecule is O=c1[nH]ccc2nc(C3CCNCC3)cc(Nc3ccc(N4CCC(O)CC4)cn3)c12. The Labute approximate surface area is 180 Å². The molecule has 0 bridgehead atoms. The predicted octanol–water partition coefficient (Wildman–Crippen LogP) is 2.49. The molecule has 4 N–H and O–H groups in total. The number of anilines is 3. The van der Waals surface area contributed by atoms with Gasteiger partial charge in [-0.3, -0.25) is 9.78 Å². The lowest BCUT2D eigenvalue weighted by Crippen LogP contribution is -2.35. The first kappa shape index (κ1) is 20.0. The Kier molecular flexibility index (Phi) is 5.57. The lowest BCUT2D eigenvalue weighted by atomic mass is 9.93. The molecule has 5 heterocycles. The number of aromatic nitrogens is 3. The van der Waals surface area contributed by atoms with Crippen LogP contribution >= 0.6 is 0 Å². The lowest BCUT2D eigenvalue weighted by Gasteiger charge is -2.31. The van der Waals surface area contributed by atoms with Crippen molar-refractivity contribution in [2.75, 3.05) is 36.4 Å². The molecule has 3 aromatic heterocycles. The number of rotatable bonds is 4. The molecule has 0 amide bonds. The molecule has 3 aromatic rings. The second kappa shape index (κ2) is 8.64. The lowest BCUT2D eigenvalue weighted by molar-refractivity contribution is 0.145. The molecule has 0 saturated carbocycles. The molecule has 0 aromatic carbocycles. The minimum absolute atomic E-state index is 0.159. The molecule has 0 spiro atoms. The van der Waals surface area contributed by atoms with Gasteiger partial charge in [-0.05, 0) is 63.0 Å². The van der Waals surface area contributed by atoms with Crippen molar-refractivity contribution in [3.05, 3.63) is 52.7 Å². The van der Waals surface area contributed by atoms with Gasteiger partial charge in [0.15, 0.2) is 0 Å². The Balaban J connectivity index is 1.44. The van der Waals surface area contributed by atoms with E-state index in [1.807, 2.05) is 30.5 Å². The van der Waals surface area contributed by atoms with Gasteiger partial charge < -0.3 is 25.6 Å². The average molecular weight is 421 g/mol. The molecule has 2 aliphatic rings. The van der Waals surface area contributed by atoms with Crippen molar-refractivity contribution in [1.82, 2.24) is 20.3 Å². The van der Waals surface area contributed by atoms with Crippen LogP contribution < -0.4 is 21.1 Å². The van der Waals surface area contributed by atoms with E-state index in [1.165, 1.54) is 0 Å². The van der Waals surface area contributed by atoms with E-state index < -0.39 is 0 Å². The van der Waals surface area contributed by atoms with Crippen LogP contribution in [0.2, 0.25) is 0 Å². The first-order valence-electron chi connectivity index (χ1n) is 11.1. The Hall–Kier alpha value is -2.97. The van der Waals surface area contributed by atoms with E-state index in [0.717, 1.165) is 68.9 Å². The average Bonchev–Trinajstić information content (AvgIpc) is 2.81. The van der Waals surface area contributed by atoms with Crippen LogP contribution in [0.5, 0.6) is 0 Å². The van der Waals surface area contributed by atoms with Gasteiger partial charge in [-0.25, -0.2) is 4.98 Å². The van der Waals surface area contributed by atoms with Gasteiger partial charge in [0.05, 0.1) is 34.6 Å². The number of aliphatic hydroxyl groups is 1. The number of fused-ring (bicyclic) bond motifs is 1. The molecule has 0 radical (unpaired) electrons. The summed E-state index contributed by atoms with van der Waals surface area (Å²) in [7, 11) is 0. The van der Waals surface area contributed by atoms with Crippen LogP contribution in [-0.2, 0) is 0 Å². The number of aromatic amines is 1. The standard InChI is InChI=1S/C23H28N6O2/c30-17-6-11-29(12-7-17)16-1-2-21(26-14-16)28-20-13-19(15-3-8-24-9-4-15)27-18-5-10-25-23(31)22(18)20/h1-2,5,10,13-15,17,24,30H,3-4,6-9,11-12H2,(H,25,31)(H,26,27,28). The van der Waals surface area contributed by atoms with Crippen molar-refractivity contribution in [3.8, 4) is 0 Å². The molecule has 162 valence electrons. The number of hydrogen-bond acceptors (Lipinski definition) is 7. The summed E-state index contributed by atoms with van der Waals surface area (Å²) >= 11 is 0. The predicted molar refractivity (Wildman–Crippen MR) is 122 cm³/mol. The van der Waals surface area contributed by atoms with E-state index in [0.29, 0.717) is 22.6 Å². The second-order valence-electron chi connectivity index (χ2n) is 8.43. The summed E-state index contributed by atoms with van der Waals surface area (Å²) in [6.45, 7) is 3.64. The maximum absolute atomic E-state index is 12.6. The molecular weight excluding hydrogens is 392 g/mol. The van der Waals surface area contributed by atoms with Gasteiger partial charge in [-0.2, -0.15) is 0 Å². The van der Waals surface area contributed by atoms with E-state index in [-0.39, 0.29) is 11.7 Å². The number of pyridine rings is 3. The van der Waals surface area contributed by atoms with Gasteiger partial charge in [0, 0.05) is 30.9 Å². The molecule has 31 heavy (non-hydrogen) atoms. The van der Waals surface area contributed by atoms with Gasteiger partial charge in [-0.1, -0.05) is 0 Å². The zero-order chi connectivity index (χ0) is 21.2. The van der Waals surface area contributed by atoms with E-state index >= 15 is 0 Å². The first-order chi connectivity index (χ1) is 15.2. The van der Waals surface area contributed by atoms with Crippen molar-refractivity contribution in [2.45, 2.75) is 37.7 Å². The van der Waals surface area contributed by atoms with Crippen LogP contribution in [0.3, 0.4) is 0 Å². The highest BCUT2D eigenvalue weighted by Crippen LogP contribution is 2.30. The van der Waals surface area contributed by atoms with Crippen LogP contribution in [-0.4, -0.2) is 52.3 Å². The first-order valence-corrected chi connectivity index (χ1v) is 11.1. The third kappa shape index (κ3) is 4.26. The molecule has 2 aliphatic heterocycles. The van der Waals surface area contributed by atoms with Gasteiger partial charge in [0.25, 0.3) is 5.56 Å². The minimum atomic E-state index is -0.197. The molecule has 5 rings (SSSR count). The monoisotopic (exact) mass is 420 g/mol.